The lowest BCUT2D eigenvalue weighted by atomic mass is 10.1. The Balaban J connectivity index is 2.12. The fraction of sp³-hybridized carbons (Fsp3) is 0.400. The van der Waals surface area contributed by atoms with Crippen LogP contribution in [0.3, 0.4) is 0 Å². The van der Waals surface area contributed by atoms with Crippen molar-refractivity contribution in [3.63, 3.8) is 0 Å². The molecule has 0 atom stereocenters. The molecule has 2 aromatic rings. The molecule has 0 saturated heterocycles. The van der Waals surface area contributed by atoms with Crippen LogP contribution in [0.1, 0.15) is 25.0 Å². The van der Waals surface area contributed by atoms with Crippen LogP contribution in [0.2, 0.25) is 0 Å². The number of benzene rings is 1. The van der Waals surface area contributed by atoms with Gasteiger partial charge >= 0.3 is 0 Å². The van der Waals surface area contributed by atoms with Crippen LogP contribution in [-0.2, 0) is 11.2 Å². The fourth-order valence-corrected chi connectivity index (χ4v) is 1.99. The molecule has 3 heteroatoms. The summed E-state index contributed by atoms with van der Waals surface area (Å²) in [6.07, 6.45) is 2.37. The smallest absolute Gasteiger partial charge is 0.224 e. The Bertz CT molecular complexity index is 555. The standard InChI is InChI=1S/C15H20N2O/c1-10(2)8-17-15(18)7-12-9-16-14-5-4-11(3)6-13(12)14/h4-6,9-10,16H,7-8H2,1-3H3,(H,17,18). The summed E-state index contributed by atoms with van der Waals surface area (Å²) in [5.74, 6) is 0.574. The number of H-pyrrole nitrogens is 1. The first-order valence-electron chi connectivity index (χ1n) is 6.39. The van der Waals surface area contributed by atoms with Crippen molar-refractivity contribution in [2.45, 2.75) is 27.2 Å². The first kappa shape index (κ1) is 12.7. The van der Waals surface area contributed by atoms with E-state index in [1.807, 2.05) is 6.20 Å². The normalized spacial score (nSPS) is 11.1. The van der Waals surface area contributed by atoms with E-state index >= 15 is 0 Å². The second kappa shape index (κ2) is 5.25. The van der Waals surface area contributed by atoms with Gasteiger partial charge < -0.3 is 10.3 Å². The van der Waals surface area contributed by atoms with Crippen LogP contribution in [0.25, 0.3) is 10.9 Å². The van der Waals surface area contributed by atoms with Crippen molar-refractivity contribution in [2.75, 3.05) is 6.54 Å². The van der Waals surface area contributed by atoms with E-state index in [4.69, 9.17) is 0 Å². The Kier molecular flexibility index (Phi) is 3.70. The topological polar surface area (TPSA) is 44.9 Å². The van der Waals surface area contributed by atoms with Crippen LogP contribution >= 0.6 is 0 Å². The maximum Gasteiger partial charge on any atom is 0.224 e. The lowest BCUT2D eigenvalue weighted by Crippen LogP contribution is -2.28. The third-order valence-corrected chi connectivity index (χ3v) is 2.98. The second-order valence-corrected chi connectivity index (χ2v) is 5.24. The molecule has 96 valence electrons. The molecule has 0 bridgehead atoms. The molecule has 1 heterocycles. The number of aromatic nitrogens is 1. The lowest BCUT2D eigenvalue weighted by Gasteiger charge is -2.07. The number of aryl methyl sites for hydroxylation is 1. The molecule has 1 aromatic carbocycles. The van der Waals surface area contributed by atoms with E-state index in [9.17, 15) is 4.79 Å². The van der Waals surface area contributed by atoms with Gasteiger partial charge in [0.25, 0.3) is 0 Å². The molecule has 0 radical (unpaired) electrons. The number of rotatable bonds is 4. The summed E-state index contributed by atoms with van der Waals surface area (Å²) in [7, 11) is 0. The number of hydrogen-bond acceptors (Lipinski definition) is 1. The SMILES string of the molecule is Cc1ccc2[nH]cc(CC(=O)NCC(C)C)c2c1. The molecule has 18 heavy (non-hydrogen) atoms. The molecule has 1 amide bonds. The summed E-state index contributed by atoms with van der Waals surface area (Å²) in [5.41, 5.74) is 3.37. The van der Waals surface area contributed by atoms with Gasteiger partial charge in [0.15, 0.2) is 0 Å². The van der Waals surface area contributed by atoms with E-state index < -0.39 is 0 Å². The molecule has 0 spiro atoms. The largest absolute Gasteiger partial charge is 0.361 e. The van der Waals surface area contributed by atoms with E-state index in [2.05, 4.69) is 49.3 Å². The van der Waals surface area contributed by atoms with Crippen molar-refractivity contribution >= 4 is 16.8 Å². The number of nitrogens with one attached hydrogen (secondary N) is 2. The molecule has 0 fully saturated rings. The van der Waals surface area contributed by atoms with Gasteiger partial charge in [0.05, 0.1) is 6.42 Å². The second-order valence-electron chi connectivity index (χ2n) is 5.24. The van der Waals surface area contributed by atoms with E-state index in [-0.39, 0.29) is 5.91 Å². The van der Waals surface area contributed by atoms with Crippen LogP contribution in [0, 0.1) is 12.8 Å². The zero-order chi connectivity index (χ0) is 13.1. The highest BCUT2D eigenvalue weighted by Gasteiger charge is 2.09. The van der Waals surface area contributed by atoms with E-state index in [1.165, 1.54) is 5.56 Å². The summed E-state index contributed by atoms with van der Waals surface area (Å²) >= 11 is 0. The van der Waals surface area contributed by atoms with Crippen LogP contribution < -0.4 is 5.32 Å². The van der Waals surface area contributed by atoms with E-state index in [0.717, 1.165) is 23.0 Å². The third-order valence-electron chi connectivity index (χ3n) is 2.98. The molecular formula is C15H20N2O. The fourth-order valence-electron chi connectivity index (χ4n) is 1.99. The molecule has 0 aliphatic rings. The molecular weight excluding hydrogens is 224 g/mol. The molecule has 0 aliphatic carbocycles. The lowest BCUT2D eigenvalue weighted by molar-refractivity contribution is -0.120. The van der Waals surface area contributed by atoms with Crippen LogP contribution in [0.15, 0.2) is 24.4 Å². The summed E-state index contributed by atoms with van der Waals surface area (Å²) in [4.78, 5) is 15.0. The zero-order valence-electron chi connectivity index (χ0n) is 11.2. The predicted molar refractivity (Wildman–Crippen MR) is 74.6 cm³/mol. The number of carbonyl (C=O) groups is 1. The quantitative estimate of drug-likeness (QED) is 0.853. The van der Waals surface area contributed by atoms with Gasteiger partial charge in [-0.2, -0.15) is 0 Å². The third kappa shape index (κ3) is 2.92. The van der Waals surface area contributed by atoms with Crippen molar-refractivity contribution in [3.05, 3.63) is 35.5 Å². The minimum atomic E-state index is 0.0890. The van der Waals surface area contributed by atoms with Crippen LogP contribution in [0.4, 0.5) is 0 Å². The number of amides is 1. The molecule has 0 aliphatic heterocycles. The molecule has 0 saturated carbocycles. The number of aromatic amines is 1. The van der Waals surface area contributed by atoms with Gasteiger partial charge in [-0.15, -0.1) is 0 Å². The number of carbonyl (C=O) groups excluding carboxylic acids is 1. The Labute approximate surface area is 108 Å². The summed E-state index contributed by atoms with van der Waals surface area (Å²) in [6, 6.07) is 6.25. The van der Waals surface area contributed by atoms with Crippen molar-refractivity contribution in [3.8, 4) is 0 Å². The van der Waals surface area contributed by atoms with Gasteiger partial charge in [0.1, 0.15) is 0 Å². The average Bonchev–Trinajstić information content (AvgIpc) is 2.69. The summed E-state index contributed by atoms with van der Waals surface area (Å²) in [5, 5.41) is 4.09. The maximum absolute atomic E-state index is 11.8. The summed E-state index contributed by atoms with van der Waals surface area (Å²) in [6.45, 7) is 6.99. The summed E-state index contributed by atoms with van der Waals surface area (Å²) < 4.78 is 0. The highest BCUT2D eigenvalue weighted by molar-refractivity contribution is 5.89. The molecule has 1 aromatic heterocycles. The van der Waals surface area contributed by atoms with E-state index in [0.29, 0.717) is 12.3 Å². The van der Waals surface area contributed by atoms with Crippen molar-refractivity contribution < 1.29 is 4.79 Å². The Morgan fingerprint density at radius 3 is 2.89 bits per heavy atom. The first-order chi connectivity index (χ1) is 8.56. The number of hydrogen-bond donors (Lipinski definition) is 2. The molecule has 2 rings (SSSR count). The minimum absolute atomic E-state index is 0.0890. The minimum Gasteiger partial charge on any atom is -0.361 e. The van der Waals surface area contributed by atoms with Crippen LogP contribution in [-0.4, -0.2) is 17.4 Å². The van der Waals surface area contributed by atoms with Crippen molar-refractivity contribution in [1.29, 1.82) is 0 Å². The Morgan fingerprint density at radius 2 is 2.17 bits per heavy atom. The highest BCUT2D eigenvalue weighted by Crippen LogP contribution is 2.20. The zero-order valence-corrected chi connectivity index (χ0v) is 11.2. The molecule has 3 nitrogen and oxygen atoms in total. The predicted octanol–water partition coefficient (Wildman–Crippen LogP) is 2.79. The van der Waals surface area contributed by atoms with Crippen LogP contribution in [0.5, 0.6) is 0 Å². The Morgan fingerprint density at radius 1 is 1.39 bits per heavy atom. The van der Waals surface area contributed by atoms with Gasteiger partial charge in [-0.1, -0.05) is 25.5 Å². The maximum atomic E-state index is 11.8. The van der Waals surface area contributed by atoms with Gasteiger partial charge in [-0.3, -0.25) is 4.79 Å². The van der Waals surface area contributed by atoms with Gasteiger partial charge in [0.2, 0.25) is 5.91 Å². The first-order valence-corrected chi connectivity index (χ1v) is 6.39. The average molecular weight is 244 g/mol. The highest BCUT2D eigenvalue weighted by atomic mass is 16.1. The van der Waals surface area contributed by atoms with Crippen molar-refractivity contribution in [2.24, 2.45) is 5.92 Å². The monoisotopic (exact) mass is 244 g/mol. The van der Waals surface area contributed by atoms with E-state index in [1.54, 1.807) is 0 Å². The van der Waals surface area contributed by atoms with Gasteiger partial charge in [0, 0.05) is 23.6 Å². The number of fused-ring (bicyclic) bond motifs is 1. The molecule has 0 unspecified atom stereocenters. The van der Waals surface area contributed by atoms with Gasteiger partial charge in [-0.05, 0) is 30.5 Å². The molecule has 2 N–H and O–H groups in total. The Hall–Kier alpha value is -1.77. The van der Waals surface area contributed by atoms with Crippen molar-refractivity contribution in [1.82, 2.24) is 10.3 Å². The van der Waals surface area contributed by atoms with Gasteiger partial charge in [-0.25, -0.2) is 0 Å².